The second-order valence-corrected chi connectivity index (χ2v) is 6.23. The van der Waals surface area contributed by atoms with Crippen LogP contribution in [0.4, 0.5) is 11.6 Å². The fourth-order valence-corrected chi connectivity index (χ4v) is 2.69. The van der Waals surface area contributed by atoms with E-state index in [0.29, 0.717) is 30.3 Å². The molecular weight excluding hydrogens is 366 g/mol. The highest BCUT2D eigenvalue weighted by Gasteiger charge is 2.33. The molecule has 0 radical (unpaired) electrons. The fourth-order valence-electron chi connectivity index (χ4n) is 2.69. The van der Waals surface area contributed by atoms with Gasteiger partial charge in [-0.25, -0.2) is 4.68 Å². The van der Waals surface area contributed by atoms with E-state index in [0.717, 1.165) is 0 Å². The van der Waals surface area contributed by atoms with Crippen molar-refractivity contribution < 1.29 is 23.9 Å². The fraction of sp³-hybridized carbons (Fsp3) is 0.389. The van der Waals surface area contributed by atoms with E-state index in [-0.39, 0.29) is 30.7 Å². The van der Waals surface area contributed by atoms with Crippen LogP contribution >= 0.6 is 0 Å². The van der Waals surface area contributed by atoms with Gasteiger partial charge in [-0.05, 0) is 31.2 Å². The zero-order valence-electron chi connectivity index (χ0n) is 15.6. The van der Waals surface area contributed by atoms with Gasteiger partial charge in [0.1, 0.15) is 12.6 Å². The van der Waals surface area contributed by atoms with Gasteiger partial charge in [0.15, 0.2) is 11.6 Å². The molecule has 0 aliphatic carbocycles. The Bertz CT molecular complexity index is 877. The summed E-state index contributed by atoms with van der Waals surface area (Å²) >= 11 is 0. The number of anilines is 2. The number of nitrogens with zero attached hydrogens (tertiary/aromatic N) is 3. The molecule has 1 aliphatic heterocycles. The van der Waals surface area contributed by atoms with Crippen LogP contribution in [0, 0.1) is 0 Å². The number of benzene rings is 1. The van der Waals surface area contributed by atoms with Gasteiger partial charge in [0.25, 0.3) is 0 Å². The summed E-state index contributed by atoms with van der Waals surface area (Å²) in [5, 5.41) is 9.63. The number of nitrogens with one attached hydrogen (secondary N) is 2. The predicted molar refractivity (Wildman–Crippen MR) is 98.9 cm³/mol. The van der Waals surface area contributed by atoms with Gasteiger partial charge in [-0.1, -0.05) is 0 Å². The van der Waals surface area contributed by atoms with E-state index < -0.39 is 11.9 Å². The number of methoxy groups -OCH3 is 1. The predicted octanol–water partition coefficient (Wildman–Crippen LogP) is 1.17. The van der Waals surface area contributed by atoms with Gasteiger partial charge in [-0.3, -0.25) is 19.7 Å². The second kappa shape index (κ2) is 8.72. The molecule has 1 aromatic carbocycles. The molecule has 28 heavy (non-hydrogen) atoms. The molecule has 0 spiro atoms. The number of ketones is 1. The average Bonchev–Trinajstić information content (AvgIpc) is 3.07. The molecule has 10 nitrogen and oxygen atoms in total. The number of amides is 2. The maximum absolute atomic E-state index is 12.7. The van der Waals surface area contributed by atoms with Crippen molar-refractivity contribution in [2.45, 2.75) is 26.0 Å². The summed E-state index contributed by atoms with van der Waals surface area (Å²) < 4.78 is 11.7. The molecule has 2 N–H and O–H groups in total. The maximum atomic E-state index is 12.7. The first-order valence-corrected chi connectivity index (χ1v) is 8.71. The number of rotatable bonds is 8. The van der Waals surface area contributed by atoms with Crippen molar-refractivity contribution in [1.82, 2.24) is 14.8 Å². The van der Waals surface area contributed by atoms with Crippen LogP contribution < -0.4 is 10.6 Å². The summed E-state index contributed by atoms with van der Waals surface area (Å²) in [6.07, 6.45) is -0.0578. The van der Waals surface area contributed by atoms with Crippen LogP contribution in [0.1, 0.15) is 35.6 Å². The first kappa shape index (κ1) is 19.6. The summed E-state index contributed by atoms with van der Waals surface area (Å²) in [5.41, 5.74) is 1.07. The quantitative estimate of drug-likeness (QED) is 0.514. The first-order chi connectivity index (χ1) is 13.5. The average molecular weight is 387 g/mol. The first-order valence-electron chi connectivity index (χ1n) is 8.71. The monoisotopic (exact) mass is 387 g/mol. The third-order valence-electron chi connectivity index (χ3n) is 4.12. The molecule has 0 saturated carbocycles. The van der Waals surface area contributed by atoms with Gasteiger partial charge in [0.05, 0.1) is 19.6 Å². The highest BCUT2D eigenvalue weighted by Crippen LogP contribution is 2.24. The van der Waals surface area contributed by atoms with Crippen molar-refractivity contribution in [2.24, 2.45) is 0 Å². The highest BCUT2D eigenvalue weighted by molar-refractivity contribution is 6.01. The van der Waals surface area contributed by atoms with Crippen molar-refractivity contribution >= 4 is 29.2 Å². The Hall–Kier alpha value is -3.11. The SMILES string of the molecule is COCCOCc1nc2n(n1)[C@@H](C(=O)Nc1ccc(C(C)=O)cc1)CC(=O)N2. The van der Waals surface area contributed by atoms with Gasteiger partial charge in [0, 0.05) is 18.4 Å². The van der Waals surface area contributed by atoms with E-state index >= 15 is 0 Å². The Kier molecular flexibility index (Phi) is 6.12. The minimum absolute atomic E-state index is 0.0578. The van der Waals surface area contributed by atoms with Crippen molar-refractivity contribution in [3.63, 3.8) is 0 Å². The van der Waals surface area contributed by atoms with E-state index in [2.05, 4.69) is 20.7 Å². The Morgan fingerprint density at radius 2 is 2.04 bits per heavy atom. The molecule has 0 bridgehead atoms. The standard InChI is InChI=1S/C18H21N5O5/c1-11(24)12-3-5-13(6-4-12)19-17(26)14-9-16(25)21-18-20-15(22-23(14)18)10-28-8-7-27-2/h3-6,14H,7-10H2,1-2H3,(H,19,26)(H,20,21,22,25)/t14-/m1/s1. The molecular formula is C18H21N5O5. The second-order valence-electron chi connectivity index (χ2n) is 6.23. The van der Waals surface area contributed by atoms with E-state index in [1.165, 1.54) is 11.6 Å². The number of hydrogen-bond donors (Lipinski definition) is 2. The number of aromatic nitrogens is 3. The third kappa shape index (κ3) is 4.59. The van der Waals surface area contributed by atoms with Crippen LogP contribution in [-0.2, 0) is 25.7 Å². The number of carbonyl (C=O) groups excluding carboxylic acids is 3. The molecule has 1 aromatic heterocycles. The lowest BCUT2D eigenvalue weighted by Crippen LogP contribution is -2.36. The van der Waals surface area contributed by atoms with E-state index in [9.17, 15) is 14.4 Å². The number of hydrogen-bond acceptors (Lipinski definition) is 7. The number of ether oxygens (including phenoxy) is 2. The van der Waals surface area contributed by atoms with Gasteiger partial charge in [-0.2, -0.15) is 10.1 Å². The molecule has 3 rings (SSSR count). The lowest BCUT2D eigenvalue weighted by Gasteiger charge is -2.22. The van der Waals surface area contributed by atoms with Crippen molar-refractivity contribution in [2.75, 3.05) is 31.0 Å². The number of fused-ring (bicyclic) bond motifs is 1. The Morgan fingerprint density at radius 3 is 2.71 bits per heavy atom. The largest absolute Gasteiger partial charge is 0.382 e. The lowest BCUT2D eigenvalue weighted by molar-refractivity contribution is -0.125. The zero-order chi connectivity index (χ0) is 20.1. The van der Waals surface area contributed by atoms with Crippen molar-refractivity contribution in [1.29, 1.82) is 0 Å². The van der Waals surface area contributed by atoms with E-state index in [1.54, 1.807) is 31.4 Å². The summed E-state index contributed by atoms with van der Waals surface area (Å²) in [6.45, 7) is 2.43. The topological polar surface area (TPSA) is 124 Å². The Morgan fingerprint density at radius 1 is 1.29 bits per heavy atom. The maximum Gasteiger partial charge on any atom is 0.249 e. The van der Waals surface area contributed by atoms with Crippen LogP contribution in [0.2, 0.25) is 0 Å². The molecule has 2 amide bonds. The van der Waals surface area contributed by atoms with Crippen molar-refractivity contribution in [3.8, 4) is 0 Å². The van der Waals surface area contributed by atoms with Crippen LogP contribution in [0.15, 0.2) is 24.3 Å². The molecule has 0 saturated heterocycles. The minimum Gasteiger partial charge on any atom is -0.382 e. The van der Waals surface area contributed by atoms with Gasteiger partial charge >= 0.3 is 0 Å². The summed E-state index contributed by atoms with van der Waals surface area (Å²) in [4.78, 5) is 40.2. The molecule has 0 fully saturated rings. The van der Waals surface area contributed by atoms with Gasteiger partial charge in [0.2, 0.25) is 17.8 Å². The Balaban J connectivity index is 1.71. The van der Waals surface area contributed by atoms with Gasteiger partial charge < -0.3 is 14.8 Å². The van der Waals surface area contributed by atoms with Crippen LogP contribution in [0.25, 0.3) is 0 Å². The van der Waals surface area contributed by atoms with Crippen LogP contribution in [0.3, 0.4) is 0 Å². The molecule has 10 heteroatoms. The van der Waals surface area contributed by atoms with Crippen LogP contribution in [0.5, 0.6) is 0 Å². The normalized spacial score (nSPS) is 15.6. The number of Topliss-reactive ketones (excluding diaryl/α,β-unsaturated/α-hetero) is 1. The van der Waals surface area contributed by atoms with Gasteiger partial charge in [-0.15, -0.1) is 0 Å². The summed E-state index contributed by atoms with van der Waals surface area (Å²) in [5.74, 6) is -0.220. The summed E-state index contributed by atoms with van der Waals surface area (Å²) in [7, 11) is 1.57. The molecule has 148 valence electrons. The molecule has 1 aliphatic rings. The smallest absolute Gasteiger partial charge is 0.249 e. The molecule has 2 heterocycles. The Labute approximate surface area is 161 Å². The minimum atomic E-state index is -0.837. The van der Waals surface area contributed by atoms with Crippen molar-refractivity contribution in [3.05, 3.63) is 35.7 Å². The molecule has 1 atom stereocenters. The van der Waals surface area contributed by atoms with E-state index in [1.807, 2.05) is 0 Å². The van der Waals surface area contributed by atoms with E-state index in [4.69, 9.17) is 9.47 Å². The molecule has 0 unspecified atom stereocenters. The molecule has 2 aromatic rings. The summed E-state index contributed by atoms with van der Waals surface area (Å²) in [6, 6.07) is 5.68. The zero-order valence-corrected chi connectivity index (χ0v) is 15.6. The van der Waals surface area contributed by atoms with Crippen LogP contribution in [-0.4, -0.2) is 52.7 Å². The third-order valence-corrected chi connectivity index (χ3v) is 4.12. The lowest BCUT2D eigenvalue weighted by atomic mass is 10.1. The highest BCUT2D eigenvalue weighted by atomic mass is 16.5. The number of carbonyl (C=O) groups is 3.